The topological polar surface area (TPSA) is 79.7 Å². The molecule has 2 aromatic carbocycles. The Kier molecular flexibility index (Phi) is 4.91. The van der Waals surface area contributed by atoms with E-state index in [2.05, 4.69) is 4.98 Å². The molecule has 0 fully saturated rings. The van der Waals surface area contributed by atoms with Gasteiger partial charge in [0.2, 0.25) is 0 Å². The molecule has 3 aromatic rings. The first-order valence-corrected chi connectivity index (χ1v) is 9.94. The first kappa shape index (κ1) is 19.0. The van der Waals surface area contributed by atoms with Crippen molar-refractivity contribution in [3.05, 3.63) is 50.9 Å². The largest absolute Gasteiger partial charge is 0.481 e. The summed E-state index contributed by atoms with van der Waals surface area (Å²) in [7, 11) is 0. The minimum absolute atomic E-state index is 0.197. The summed E-state index contributed by atoms with van der Waals surface area (Å²) in [5.74, 6) is -1.02. The molecule has 1 atom stereocenters. The first-order valence-electron chi connectivity index (χ1n) is 8.37. The number of anilines is 1. The van der Waals surface area contributed by atoms with Crippen molar-refractivity contribution in [3.63, 3.8) is 0 Å². The Hall–Kier alpha value is -2.35. The van der Waals surface area contributed by atoms with Gasteiger partial charge in [0.1, 0.15) is 10.8 Å². The molecule has 0 radical (unpaired) electrons. The highest BCUT2D eigenvalue weighted by Crippen LogP contribution is 2.38. The van der Waals surface area contributed by atoms with E-state index in [1.807, 2.05) is 13.0 Å². The van der Waals surface area contributed by atoms with E-state index in [9.17, 15) is 9.59 Å². The number of thiazole rings is 1. The van der Waals surface area contributed by atoms with E-state index in [4.69, 9.17) is 33.0 Å². The Morgan fingerprint density at radius 1 is 1.29 bits per heavy atom. The highest BCUT2D eigenvalue weighted by Gasteiger charge is 2.36. The molecule has 1 aromatic heterocycles. The molecule has 0 aliphatic carbocycles. The molecule has 28 heavy (non-hydrogen) atoms. The van der Waals surface area contributed by atoms with Crippen LogP contribution in [-0.4, -0.2) is 28.1 Å². The lowest BCUT2D eigenvalue weighted by Crippen LogP contribution is -2.46. The van der Waals surface area contributed by atoms with E-state index in [0.717, 1.165) is 10.3 Å². The number of aryl methyl sites for hydroxylation is 1. The Bertz CT molecular complexity index is 1080. The zero-order valence-electron chi connectivity index (χ0n) is 14.6. The standard InChI is InChI=1S/C19H14Cl2N2O4S/c1-9-2-3-13-14(4-9)27-15(7-18(24)25)19(26)23(13)8-17-22-12-5-10(20)11(21)6-16(12)28-17/h2-6,15H,7-8H2,1H3,(H,24,25). The van der Waals surface area contributed by atoms with Gasteiger partial charge in [-0.05, 0) is 36.8 Å². The highest BCUT2D eigenvalue weighted by atomic mass is 35.5. The number of hydrogen-bond acceptors (Lipinski definition) is 5. The SMILES string of the molecule is Cc1ccc2c(c1)OC(CC(=O)O)C(=O)N2Cc1nc2cc(Cl)c(Cl)cc2s1. The van der Waals surface area contributed by atoms with Crippen molar-refractivity contribution >= 4 is 62.3 Å². The number of nitrogens with zero attached hydrogens (tertiary/aromatic N) is 2. The van der Waals surface area contributed by atoms with E-state index < -0.39 is 24.4 Å². The quantitative estimate of drug-likeness (QED) is 0.641. The number of carbonyl (C=O) groups is 2. The average molecular weight is 437 g/mol. The Morgan fingerprint density at radius 2 is 2.04 bits per heavy atom. The van der Waals surface area contributed by atoms with Crippen molar-refractivity contribution in [3.8, 4) is 5.75 Å². The van der Waals surface area contributed by atoms with Crippen molar-refractivity contribution in [1.29, 1.82) is 0 Å². The zero-order valence-corrected chi connectivity index (χ0v) is 16.9. The van der Waals surface area contributed by atoms with Crippen LogP contribution in [0.3, 0.4) is 0 Å². The molecule has 2 heterocycles. The molecule has 4 rings (SSSR count). The van der Waals surface area contributed by atoms with Gasteiger partial charge in [-0.1, -0.05) is 29.3 Å². The number of carboxylic acids is 1. The second kappa shape index (κ2) is 7.24. The predicted octanol–water partition coefficient (Wildman–Crippen LogP) is 4.68. The summed E-state index contributed by atoms with van der Waals surface area (Å²) in [4.78, 5) is 30.1. The van der Waals surface area contributed by atoms with Gasteiger partial charge in [-0.25, -0.2) is 4.98 Å². The van der Waals surface area contributed by atoms with Gasteiger partial charge in [-0.2, -0.15) is 0 Å². The summed E-state index contributed by atoms with van der Waals surface area (Å²) in [6.07, 6.45) is -1.49. The Morgan fingerprint density at radius 3 is 2.79 bits per heavy atom. The molecule has 1 N–H and O–H groups in total. The summed E-state index contributed by atoms with van der Waals surface area (Å²) in [6, 6.07) is 8.89. The Labute approximate surface area is 174 Å². The third-order valence-corrected chi connectivity index (χ3v) is 6.07. The van der Waals surface area contributed by atoms with Gasteiger partial charge in [-0.15, -0.1) is 11.3 Å². The van der Waals surface area contributed by atoms with Gasteiger partial charge in [0.05, 0.1) is 38.9 Å². The molecule has 1 aliphatic heterocycles. The summed E-state index contributed by atoms with van der Waals surface area (Å²) in [6.45, 7) is 2.10. The number of hydrogen-bond donors (Lipinski definition) is 1. The average Bonchev–Trinajstić information content (AvgIpc) is 2.99. The number of fused-ring (bicyclic) bond motifs is 2. The second-order valence-electron chi connectivity index (χ2n) is 6.44. The third-order valence-electron chi connectivity index (χ3n) is 4.34. The van der Waals surface area contributed by atoms with Crippen LogP contribution in [0.5, 0.6) is 5.75 Å². The lowest BCUT2D eigenvalue weighted by atomic mass is 10.1. The van der Waals surface area contributed by atoms with Crippen LogP contribution in [0, 0.1) is 6.92 Å². The molecule has 1 amide bonds. The Balaban J connectivity index is 1.72. The van der Waals surface area contributed by atoms with Crippen molar-refractivity contribution in [2.45, 2.75) is 26.0 Å². The molecular weight excluding hydrogens is 423 g/mol. The first-order chi connectivity index (χ1) is 13.3. The van der Waals surface area contributed by atoms with Crippen LogP contribution < -0.4 is 9.64 Å². The normalized spacial score (nSPS) is 16.2. The van der Waals surface area contributed by atoms with E-state index in [-0.39, 0.29) is 6.54 Å². The number of halogens is 2. The van der Waals surface area contributed by atoms with Crippen LogP contribution in [0.1, 0.15) is 17.0 Å². The summed E-state index contributed by atoms with van der Waals surface area (Å²) in [5, 5.41) is 10.7. The van der Waals surface area contributed by atoms with Gasteiger partial charge >= 0.3 is 5.97 Å². The van der Waals surface area contributed by atoms with Crippen molar-refractivity contribution in [2.24, 2.45) is 0 Å². The number of benzene rings is 2. The van der Waals surface area contributed by atoms with E-state index in [0.29, 0.717) is 32.0 Å². The van der Waals surface area contributed by atoms with E-state index in [1.165, 1.54) is 16.2 Å². The van der Waals surface area contributed by atoms with Gasteiger partial charge in [0, 0.05) is 0 Å². The number of rotatable bonds is 4. The molecule has 0 saturated carbocycles. The molecule has 1 aliphatic rings. The molecule has 1 unspecified atom stereocenters. The molecule has 144 valence electrons. The maximum absolute atomic E-state index is 12.9. The molecule has 0 spiro atoms. The fourth-order valence-corrected chi connectivity index (χ4v) is 4.42. The summed E-state index contributed by atoms with van der Waals surface area (Å²) >= 11 is 13.5. The molecule has 9 heteroatoms. The smallest absolute Gasteiger partial charge is 0.307 e. The predicted molar refractivity (Wildman–Crippen MR) is 109 cm³/mol. The van der Waals surface area contributed by atoms with Gasteiger partial charge in [0.15, 0.2) is 6.10 Å². The molecular formula is C19H14Cl2N2O4S. The minimum Gasteiger partial charge on any atom is -0.481 e. The number of carbonyl (C=O) groups excluding carboxylic acids is 1. The van der Waals surface area contributed by atoms with Crippen LogP contribution in [0.15, 0.2) is 30.3 Å². The minimum atomic E-state index is -1.10. The van der Waals surface area contributed by atoms with Gasteiger partial charge < -0.3 is 9.84 Å². The van der Waals surface area contributed by atoms with Gasteiger partial charge in [-0.3, -0.25) is 14.5 Å². The van der Waals surface area contributed by atoms with Crippen LogP contribution in [0.4, 0.5) is 5.69 Å². The van der Waals surface area contributed by atoms with Crippen LogP contribution in [0.25, 0.3) is 10.2 Å². The van der Waals surface area contributed by atoms with Crippen LogP contribution in [-0.2, 0) is 16.1 Å². The molecule has 0 saturated heterocycles. The number of ether oxygens (including phenoxy) is 1. The fraction of sp³-hybridized carbons (Fsp3) is 0.211. The third kappa shape index (κ3) is 3.53. The lowest BCUT2D eigenvalue weighted by molar-refractivity contribution is -0.142. The highest BCUT2D eigenvalue weighted by molar-refractivity contribution is 7.18. The molecule has 0 bridgehead atoms. The van der Waals surface area contributed by atoms with Gasteiger partial charge in [0.25, 0.3) is 5.91 Å². The maximum Gasteiger partial charge on any atom is 0.307 e. The lowest BCUT2D eigenvalue weighted by Gasteiger charge is -2.33. The van der Waals surface area contributed by atoms with E-state index >= 15 is 0 Å². The van der Waals surface area contributed by atoms with Crippen LogP contribution >= 0.6 is 34.5 Å². The number of aromatic nitrogens is 1. The number of carboxylic acid groups (broad SMARTS) is 1. The molecule has 6 nitrogen and oxygen atoms in total. The van der Waals surface area contributed by atoms with Crippen molar-refractivity contribution in [2.75, 3.05) is 4.90 Å². The number of amides is 1. The van der Waals surface area contributed by atoms with Crippen molar-refractivity contribution < 1.29 is 19.4 Å². The second-order valence-corrected chi connectivity index (χ2v) is 8.37. The summed E-state index contributed by atoms with van der Waals surface area (Å²) in [5.41, 5.74) is 2.24. The zero-order chi connectivity index (χ0) is 20.0. The maximum atomic E-state index is 12.9. The monoisotopic (exact) mass is 436 g/mol. The fourth-order valence-electron chi connectivity index (χ4n) is 3.06. The summed E-state index contributed by atoms with van der Waals surface area (Å²) < 4.78 is 6.53. The van der Waals surface area contributed by atoms with E-state index in [1.54, 1.807) is 24.3 Å². The van der Waals surface area contributed by atoms with Crippen LogP contribution in [0.2, 0.25) is 10.0 Å². The van der Waals surface area contributed by atoms with Crippen molar-refractivity contribution in [1.82, 2.24) is 4.98 Å². The number of aliphatic carboxylic acids is 1.